The van der Waals surface area contributed by atoms with E-state index in [1.54, 1.807) is 0 Å². The first-order valence-corrected chi connectivity index (χ1v) is 7.43. The van der Waals surface area contributed by atoms with E-state index in [9.17, 15) is 0 Å². The molecule has 21 heavy (non-hydrogen) atoms. The third-order valence-electron chi connectivity index (χ3n) is 3.48. The van der Waals surface area contributed by atoms with Crippen LogP contribution in [0.3, 0.4) is 0 Å². The van der Waals surface area contributed by atoms with Crippen molar-refractivity contribution in [3.8, 4) is 11.5 Å². The molecule has 1 heterocycles. The predicted octanol–water partition coefficient (Wildman–Crippen LogP) is 3.25. The number of nitrogens with one attached hydrogen (secondary N) is 1. The fourth-order valence-corrected chi connectivity index (χ4v) is 2.27. The molecule has 4 nitrogen and oxygen atoms in total. The van der Waals surface area contributed by atoms with Gasteiger partial charge in [0.25, 0.3) is 0 Å². The smallest absolute Gasteiger partial charge is 0.161 e. The van der Waals surface area contributed by atoms with Crippen LogP contribution in [0, 0.1) is 0 Å². The number of ether oxygens (including phenoxy) is 2. The van der Waals surface area contributed by atoms with Crippen molar-refractivity contribution < 1.29 is 9.47 Å². The van der Waals surface area contributed by atoms with Crippen LogP contribution in [0.2, 0.25) is 0 Å². The molecule has 1 N–H and O–H groups in total. The van der Waals surface area contributed by atoms with E-state index in [0.29, 0.717) is 19.3 Å². The van der Waals surface area contributed by atoms with Gasteiger partial charge in [0.05, 0.1) is 13.2 Å². The summed E-state index contributed by atoms with van der Waals surface area (Å²) in [5.74, 6) is 1.60. The topological polar surface area (TPSA) is 35.4 Å². The van der Waals surface area contributed by atoms with Gasteiger partial charge < -0.3 is 19.4 Å². The molecule has 0 radical (unpaired) electrons. The summed E-state index contributed by atoms with van der Waals surface area (Å²) < 4.78 is 13.6. The summed E-state index contributed by atoms with van der Waals surface area (Å²) in [6.07, 6.45) is 2.08. The van der Waals surface area contributed by atoms with Gasteiger partial charge in [-0.2, -0.15) is 0 Å². The number of aromatic nitrogens is 1. The lowest BCUT2D eigenvalue weighted by Crippen LogP contribution is -2.18. The minimum atomic E-state index is 0.329. The third-order valence-corrected chi connectivity index (χ3v) is 3.48. The van der Waals surface area contributed by atoms with Crippen LogP contribution in [-0.2, 0) is 6.54 Å². The van der Waals surface area contributed by atoms with Crippen LogP contribution in [0.1, 0.15) is 25.6 Å². The summed E-state index contributed by atoms with van der Waals surface area (Å²) in [7, 11) is 1.97. The Morgan fingerprint density at radius 3 is 2.48 bits per heavy atom. The molecule has 0 fully saturated rings. The highest BCUT2D eigenvalue weighted by molar-refractivity contribution is 5.39. The maximum atomic E-state index is 5.87. The normalized spacial score (nSPS) is 12.1. The monoisotopic (exact) mass is 288 g/mol. The maximum Gasteiger partial charge on any atom is 0.161 e. The highest BCUT2D eigenvalue weighted by Crippen LogP contribution is 2.26. The van der Waals surface area contributed by atoms with Crippen molar-refractivity contribution in [1.82, 2.24) is 9.88 Å². The lowest BCUT2D eigenvalue weighted by molar-refractivity contribution is 0.265. The molecule has 2 rings (SSSR count). The van der Waals surface area contributed by atoms with Gasteiger partial charge in [-0.1, -0.05) is 12.1 Å². The second kappa shape index (κ2) is 7.74. The lowest BCUT2D eigenvalue weighted by Gasteiger charge is -2.16. The molecule has 1 unspecified atom stereocenters. The minimum Gasteiger partial charge on any atom is -0.490 e. The molecule has 1 aromatic heterocycles. The Kier molecular flexibility index (Phi) is 5.69. The van der Waals surface area contributed by atoms with E-state index in [0.717, 1.165) is 18.0 Å². The number of hydrogen-bond acceptors (Lipinski definition) is 3. The quantitative estimate of drug-likeness (QED) is 0.810. The summed E-state index contributed by atoms with van der Waals surface area (Å²) in [4.78, 5) is 0. The van der Waals surface area contributed by atoms with Crippen LogP contribution in [0.15, 0.2) is 42.6 Å². The molecule has 4 heteroatoms. The molecule has 1 aromatic carbocycles. The van der Waals surface area contributed by atoms with Crippen molar-refractivity contribution in [3.63, 3.8) is 0 Å². The second-order valence-corrected chi connectivity index (χ2v) is 4.87. The van der Waals surface area contributed by atoms with Crippen molar-refractivity contribution in [1.29, 1.82) is 0 Å². The van der Waals surface area contributed by atoms with Crippen molar-refractivity contribution in [2.75, 3.05) is 20.3 Å². The van der Waals surface area contributed by atoms with E-state index in [2.05, 4.69) is 35.1 Å². The second-order valence-electron chi connectivity index (χ2n) is 4.87. The molecule has 0 bridgehead atoms. The highest BCUT2D eigenvalue weighted by atomic mass is 16.5. The molecule has 0 amide bonds. The number of nitrogens with zero attached hydrogens (tertiary/aromatic N) is 1. The van der Waals surface area contributed by atoms with Crippen LogP contribution in [0.5, 0.6) is 11.5 Å². The van der Waals surface area contributed by atoms with Gasteiger partial charge in [0, 0.05) is 17.9 Å². The Morgan fingerprint density at radius 2 is 1.81 bits per heavy atom. The van der Waals surface area contributed by atoms with Crippen LogP contribution < -0.4 is 14.8 Å². The van der Waals surface area contributed by atoms with Crippen LogP contribution in [0.25, 0.3) is 0 Å². The first-order chi connectivity index (χ1) is 10.3. The van der Waals surface area contributed by atoms with Crippen LogP contribution >= 0.6 is 0 Å². The van der Waals surface area contributed by atoms with Gasteiger partial charge in [0.15, 0.2) is 11.5 Å². The van der Waals surface area contributed by atoms with Gasteiger partial charge >= 0.3 is 0 Å². The molecule has 0 aliphatic heterocycles. The van der Waals surface area contributed by atoms with E-state index in [1.165, 1.54) is 5.69 Å². The molecule has 0 aliphatic rings. The van der Waals surface area contributed by atoms with Gasteiger partial charge in [0.1, 0.15) is 6.61 Å². The molecule has 0 spiro atoms. The zero-order valence-corrected chi connectivity index (χ0v) is 13.0. The number of para-hydroxylation sites is 2. The summed E-state index contributed by atoms with van der Waals surface area (Å²) in [6.45, 7) is 6.19. The van der Waals surface area contributed by atoms with E-state index < -0.39 is 0 Å². The molecular formula is C17H24N2O2. The van der Waals surface area contributed by atoms with Gasteiger partial charge in [0.2, 0.25) is 0 Å². The standard InChI is InChI=1S/C17H24N2O2/c1-4-20-16-9-5-6-10-17(16)21-13-12-19-11-7-8-15(19)14(2)18-3/h5-11,14,18H,4,12-13H2,1-3H3. The number of benzene rings is 1. The maximum absolute atomic E-state index is 5.87. The highest BCUT2D eigenvalue weighted by Gasteiger charge is 2.08. The molecule has 114 valence electrons. The summed E-state index contributed by atoms with van der Waals surface area (Å²) >= 11 is 0. The van der Waals surface area contributed by atoms with Gasteiger partial charge in [-0.3, -0.25) is 0 Å². The molecular weight excluding hydrogens is 264 g/mol. The Morgan fingerprint density at radius 1 is 1.10 bits per heavy atom. The molecule has 0 saturated carbocycles. The van der Waals surface area contributed by atoms with Gasteiger partial charge in [-0.15, -0.1) is 0 Å². The van der Waals surface area contributed by atoms with Crippen molar-refractivity contribution in [3.05, 3.63) is 48.3 Å². The molecule has 0 saturated heterocycles. The largest absolute Gasteiger partial charge is 0.490 e. The van der Waals surface area contributed by atoms with E-state index in [1.807, 2.05) is 38.2 Å². The Hall–Kier alpha value is -1.94. The fraction of sp³-hybridized carbons (Fsp3) is 0.412. The van der Waals surface area contributed by atoms with Crippen molar-refractivity contribution in [2.24, 2.45) is 0 Å². The zero-order chi connectivity index (χ0) is 15.1. The van der Waals surface area contributed by atoms with Gasteiger partial charge in [-0.25, -0.2) is 0 Å². The molecule has 2 aromatic rings. The van der Waals surface area contributed by atoms with E-state index in [4.69, 9.17) is 9.47 Å². The predicted molar refractivity (Wildman–Crippen MR) is 85.0 cm³/mol. The molecule has 0 aliphatic carbocycles. The average molecular weight is 288 g/mol. The van der Waals surface area contributed by atoms with Crippen molar-refractivity contribution in [2.45, 2.75) is 26.4 Å². The zero-order valence-electron chi connectivity index (χ0n) is 13.0. The molecule has 1 atom stereocenters. The minimum absolute atomic E-state index is 0.329. The fourth-order valence-electron chi connectivity index (χ4n) is 2.27. The first-order valence-electron chi connectivity index (χ1n) is 7.43. The average Bonchev–Trinajstić information content (AvgIpc) is 2.97. The lowest BCUT2D eigenvalue weighted by atomic mass is 10.2. The third kappa shape index (κ3) is 4.02. The Bertz CT molecular complexity index is 551. The summed E-state index contributed by atoms with van der Waals surface area (Å²) in [5.41, 5.74) is 1.26. The van der Waals surface area contributed by atoms with Gasteiger partial charge in [-0.05, 0) is 45.2 Å². The van der Waals surface area contributed by atoms with E-state index in [-0.39, 0.29) is 0 Å². The summed E-state index contributed by atoms with van der Waals surface area (Å²) in [6, 6.07) is 12.3. The van der Waals surface area contributed by atoms with Crippen LogP contribution in [-0.4, -0.2) is 24.8 Å². The van der Waals surface area contributed by atoms with Crippen LogP contribution in [0.4, 0.5) is 0 Å². The van der Waals surface area contributed by atoms with Crippen molar-refractivity contribution >= 4 is 0 Å². The number of hydrogen-bond donors (Lipinski definition) is 1. The van der Waals surface area contributed by atoms with E-state index >= 15 is 0 Å². The summed E-state index contributed by atoms with van der Waals surface area (Å²) in [5, 5.41) is 3.26. The number of rotatable bonds is 8. The Balaban J connectivity index is 1.94. The SMILES string of the molecule is CCOc1ccccc1OCCn1cccc1C(C)NC. The first kappa shape index (κ1) is 15.4. The Labute approximate surface area is 126 Å².